The third-order valence-corrected chi connectivity index (χ3v) is 4.16. The third-order valence-electron chi connectivity index (χ3n) is 4.16. The Hall–Kier alpha value is -2.70. The van der Waals surface area contributed by atoms with Crippen molar-refractivity contribution in [1.82, 2.24) is 20.0 Å². The first-order valence-corrected chi connectivity index (χ1v) is 8.78. The molecule has 0 aliphatic rings. The van der Waals surface area contributed by atoms with Gasteiger partial charge in [-0.2, -0.15) is 5.10 Å². The summed E-state index contributed by atoms with van der Waals surface area (Å²) in [6.07, 6.45) is 5.66. The van der Waals surface area contributed by atoms with Crippen molar-refractivity contribution in [3.63, 3.8) is 0 Å². The van der Waals surface area contributed by atoms with Crippen LogP contribution in [0.3, 0.4) is 0 Å². The predicted octanol–water partition coefficient (Wildman–Crippen LogP) is 2.04. The van der Waals surface area contributed by atoms with Crippen molar-refractivity contribution < 1.29 is 9.47 Å². The molecule has 1 aromatic carbocycles. The molecule has 0 fully saturated rings. The lowest BCUT2D eigenvalue weighted by Crippen LogP contribution is -2.40. The molecule has 7 nitrogen and oxygen atoms in total. The Morgan fingerprint density at radius 3 is 2.73 bits per heavy atom. The first kappa shape index (κ1) is 19.6. The van der Waals surface area contributed by atoms with E-state index in [2.05, 4.69) is 26.4 Å². The zero-order chi connectivity index (χ0) is 18.8. The van der Waals surface area contributed by atoms with Crippen LogP contribution in [0.1, 0.15) is 12.0 Å². The Kier molecular flexibility index (Phi) is 7.79. The lowest BCUT2D eigenvalue weighted by molar-refractivity contribution is 0.354. The van der Waals surface area contributed by atoms with E-state index in [1.807, 2.05) is 43.2 Å². The Morgan fingerprint density at radius 2 is 2.08 bits per heavy atom. The number of guanidine groups is 1. The molecule has 7 heteroatoms. The summed E-state index contributed by atoms with van der Waals surface area (Å²) < 4.78 is 12.6. The van der Waals surface area contributed by atoms with Crippen LogP contribution in [0.2, 0.25) is 0 Å². The standard InChI is InChI=1S/C19H29N5O2/c1-20-19(21-10-5-12-24-13-6-11-22-24)23(2)14-9-16-7-8-17(25-3)18(15-16)26-4/h6-8,11,13,15H,5,9-10,12,14H2,1-4H3,(H,20,21). The van der Waals surface area contributed by atoms with Crippen molar-refractivity contribution >= 4 is 5.96 Å². The molecule has 0 spiro atoms. The Bertz CT molecular complexity index is 685. The van der Waals surface area contributed by atoms with E-state index in [0.717, 1.165) is 49.9 Å². The van der Waals surface area contributed by atoms with E-state index >= 15 is 0 Å². The summed E-state index contributed by atoms with van der Waals surface area (Å²) >= 11 is 0. The molecule has 1 aromatic heterocycles. The average molecular weight is 359 g/mol. The zero-order valence-electron chi connectivity index (χ0n) is 16.1. The van der Waals surface area contributed by atoms with Crippen molar-refractivity contribution in [2.45, 2.75) is 19.4 Å². The van der Waals surface area contributed by atoms with Crippen molar-refractivity contribution in [1.29, 1.82) is 0 Å². The molecule has 1 heterocycles. The highest BCUT2D eigenvalue weighted by Gasteiger charge is 2.08. The van der Waals surface area contributed by atoms with E-state index < -0.39 is 0 Å². The number of rotatable bonds is 9. The van der Waals surface area contributed by atoms with Crippen molar-refractivity contribution in [3.8, 4) is 11.5 Å². The maximum absolute atomic E-state index is 5.37. The number of aromatic nitrogens is 2. The lowest BCUT2D eigenvalue weighted by Gasteiger charge is -2.22. The van der Waals surface area contributed by atoms with Crippen LogP contribution in [0.15, 0.2) is 41.7 Å². The fourth-order valence-corrected chi connectivity index (χ4v) is 2.70. The SMILES string of the molecule is CN=C(NCCCn1cccn1)N(C)CCc1ccc(OC)c(OC)c1. The van der Waals surface area contributed by atoms with E-state index in [1.54, 1.807) is 20.4 Å². The fraction of sp³-hybridized carbons (Fsp3) is 0.474. The topological polar surface area (TPSA) is 63.9 Å². The summed E-state index contributed by atoms with van der Waals surface area (Å²) in [5, 5.41) is 7.61. The molecule has 0 bridgehead atoms. The van der Waals surface area contributed by atoms with Gasteiger partial charge in [-0.25, -0.2) is 0 Å². The van der Waals surface area contributed by atoms with Crippen LogP contribution in [0.5, 0.6) is 11.5 Å². The highest BCUT2D eigenvalue weighted by atomic mass is 16.5. The monoisotopic (exact) mass is 359 g/mol. The first-order valence-electron chi connectivity index (χ1n) is 8.78. The van der Waals surface area contributed by atoms with Gasteiger partial charge in [-0.3, -0.25) is 9.67 Å². The molecule has 0 saturated carbocycles. The minimum absolute atomic E-state index is 0.749. The van der Waals surface area contributed by atoms with Crippen molar-refractivity contribution in [2.75, 3.05) is 41.4 Å². The molecule has 0 unspecified atom stereocenters. The maximum Gasteiger partial charge on any atom is 0.193 e. The number of benzene rings is 1. The van der Waals surface area contributed by atoms with E-state index in [4.69, 9.17) is 9.47 Å². The molecule has 0 atom stereocenters. The Morgan fingerprint density at radius 1 is 1.27 bits per heavy atom. The molecule has 0 aliphatic heterocycles. The van der Waals surface area contributed by atoms with Crippen molar-refractivity contribution in [2.24, 2.45) is 4.99 Å². The molecular weight excluding hydrogens is 330 g/mol. The number of likely N-dealkylation sites (N-methyl/N-ethyl adjacent to an activating group) is 1. The highest BCUT2D eigenvalue weighted by Crippen LogP contribution is 2.27. The number of ether oxygens (including phenoxy) is 2. The molecule has 0 amide bonds. The minimum atomic E-state index is 0.749. The average Bonchev–Trinajstić information content (AvgIpc) is 3.19. The molecule has 0 radical (unpaired) electrons. The third kappa shape index (κ3) is 5.68. The van der Waals surface area contributed by atoms with Gasteiger partial charge in [0.05, 0.1) is 14.2 Å². The second-order valence-electron chi connectivity index (χ2n) is 5.96. The van der Waals surface area contributed by atoms with Crippen LogP contribution >= 0.6 is 0 Å². The van der Waals surface area contributed by atoms with E-state index in [-0.39, 0.29) is 0 Å². The normalized spacial score (nSPS) is 11.3. The summed E-state index contributed by atoms with van der Waals surface area (Å²) in [6.45, 7) is 2.61. The number of hydrogen-bond acceptors (Lipinski definition) is 4. The molecule has 2 aromatic rings. The molecule has 0 saturated heterocycles. The number of aliphatic imine (C=N–C) groups is 1. The van der Waals surface area contributed by atoms with Gasteiger partial charge in [0.15, 0.2) is 17.5 Å². The maximum atomic E-state index is 5.37. The minimum Gasteiger partial charge on any atom is -0.493 e. The summed E-state index contributed by atoms with van der Waals surface area (Å²) in [4.78, 5) is 6.49. The number of methoxy groups -OCH3 is 2. The number of aryl methyl sites for hydroxylation is 1. The van der Waals surface area contributed by atoms with Crippen LogP contribution in [0.4, 0.5) is 0 Å². The lowest BCUT2D eigenvalue weighted by atomic mass is 10.1. The van der Waals surface area contributed by atoms with Crippen LogP contribution in [-0.2, 0) is 13.0 Å². The van der Waals surface area contributed by atoms with Crippen LogP contribution in [0.25, 0.3) is 0 Å². The molecular formula is C19H29N5O2. The van der Waals surface area contributed by atoms with Gasteiger partial charge in [0.2, 0.25) is 0 Å². The van der Waals surface area contributed by atoms with E-state index in [1.165, 1.54) is 5.56 Å². The highest BCUT2D eigenvalue weighted by molar-refractivity contribution is 5.79. The van der Waals surface area contributed by atoms with Gasteiger partial charge in [-0.1, -0.05) is 6.07 Å². The van der Waals surface area contributed by atoms with Gasteiger partial charge >= 0.3 is 0 Å². The summed E-state index contributed by atoms with van der Waals surface area (Å²) in [7, 11) is 7.16. The number of nitrogens with zero attached hydrogens (tertiary/aromatic N) is 4. The number of hydrogen-bond donors (Lipinski definition) is 1. The van der Waals surface area contributed by atoms with Crippen LogP contribution < -0.4 is 14.8 Å². The van der Waals surface area contributed by atoms with Crippen LogP contribution in [0, 0.1) is 0 Å². The van der Waals surface area contributed by atoms with Crippen LogP contribution in [-0.4, -0.2) is 62.0 Å². The zero-order valence-corrected chi connectivity index (χ0v) is 16.1. The fourth-order valence-electron chi connectivity index (χ4n) is 2.70. The Balaban J connectivity index is 1.78. The molecule has 2 rings (SSSR count). The van der Waals surface area contributed by atoms with Crippen molar-refractivity contribution in [3.05, 3.63) is 42.2 Å². The quantitative estimate of drug-likeness (QED) is 0.422. The molecule has 142 valence electrons. The molecule has 1 N–H and O–H groups in total. The van der Waals surface area contributed by atoms with E-state index in [0.29, 0.717) is 0 Å². The van der Waals surface area contributed by atoms with Gasteiger partial charge in [0.25, 0.3) is 0 Å². The van der Waals surface area contributed by atoms with E-state index in [9.17, 15) is 0 Å². The van der Waals surface area contributed by atoms with Gasteiger partial charge in [0, 0.05) is 46.1 Å². The van der Waals surface area contributed by atoms with Gasteiger partial charge in [0.1, 0.15) is 0 Å². The summed E-state index contributed by atoms with van der Waals surface area (Å²) in [6, 6.07) is 7.97. The second kappa shape index (κ2) is 10.3. The van der Waals surface area contributed by atoms with Gasteiger partial charge < -0.3 is 19.7 Å². The largest absolute Gasteiger partial charge is 0.493 e. The Labute approximate surface area is 155 Å². The smallest absolute Gasteiger partial charge is 0.193 e. The molecule has 0 aliphatic carbocycles. The predicted molar refractivity (Wildman–Crippen MR) is 104 cm³/mol. The first-order chi connectivity index (χ1) is 12.7. The summed E-state index contributed by atoms with van der Waals surface area (Å²) in [5.41, 5.74) is 1.20. The van der Waals surface area contributed by atoms with Gasteiger partial charge in [-0.15, -0.1) is 0 Å². The number of nitrogens with one attached hydrogen (secondary N) is 1. The second-order valence-corrected chi connectivity index (χ2v) is 5.96. The molecule has 26 heavy (non-hydrogen) atoms. The van der Waals surface area contributed by atoms with Gasteiger partial charge in [-0.05, 0) is 36.6 Å². The summed E-state index contributed by atoms with van der Waals surface area (Å²) in [5.74, 6) is 2.40.